The van der Waals surface area contributed by atoms with Crippen molar-refractivity contribution in [3.05, 3.63) is 75.5 Å². The molecule has 7 nitrogen and oxygen atoms in total. The zero-order chi connectivity index (χ0) is 24.5. The number of Topliss-reactive ketones (excluding diaryl/α,β-unsaturated/α-hetero) is 1. The second kappa shape index (κ2) is 9.91. The average molecular weight is 513 g/mol. The monoisotopic (exact) mass is 512 g/mol. The Morgan fingerprint density at radius 1 is 1.11 bits per heavy atom. The Balaban J connectivity index is 1.34. The van der Waals surface area contributed by atoms with Gasteiger partial charge in [-0.25, -0.2) is 0 Å². The summed E-state index contributed by atoms with van der Waals surface area (Å²) in [6.07, 6.45) is 4.82. The van der Waals surface area contributed by atoms with Crippen molar-refractivity contribution >= 4 is 40.6 Å². The van der Waals surface area contributed by atoms with E-state index in [1.807, 2.05) is 10.9 Å². The lowest BCUT2D eigenvalue weighted by Crippen LogP contribution is -2.35. The van der Waals surface area contributed by atoms with Gasteiger partial charge in [-0.15, -0.1) is 0 Å². The largest absolute Gasteiger partial charge is 0.495 e. The Bertz CT molecular complexity index is 1280. The number of nitrogens with zero attached hydrogens (tertiary/aromatic N) is 2. The van der Waals surface area contributed by atoms with Gasteiger partial charge in [0.1, 0.15) is 5.75 Å². The summed E-state index contributed by atoms with van der Waals surface area (Å²) in [6.45, 7) is 0.732. The normalized spacial score (nSPS) is 21.2. The minimum Gasteiger partial charge on any atom is -0.495 e. The van der Waals surface area contributed by atoms with Gasteiger partial charge >= 0.3 is 0 Å². The molecule has 35 heavy (non-hydrogen) atoms. The van der Waals surface area contributed by atoms with Crippen molar-refractivity contribution in [1.29, 1.82) is 0 Å². The van der Waals surface area contributed by atoms with Crippen LogP contribution in [0.25, 0.3) is 0 Å². The van der Waals surface area contributed by atoms with Gasteiger partial charge in [-0.3, -0.25) is 14.3 Å². The van der Waals surface area contributed by atoms with E-state index in [0.29, 0.717) is 33.3 Å². The van der Waals surface area contributed by atoms with Crippen molar-refractivity contribution in [3.8, 4) is 5.75 Å². The standard InChI is InChI=1S/C26H26Cl2N4O3/c1-35-23-9-7-16(13-20(23)28)25(33)15-6-8-17(12-15)32-24-21(10-11-29-22(24)14-30-32)31-26(34)18-4-2-3-5-19(18)27/h2-5,7,9,13-15,17,21,29H,6,8,10-12H2,1H3,(H,31,34). The summed E-state index contributed by atoms with van der Waals surface area (Å²) in [7, 11) is 1.55. The van der Waals surface area contributed by atoms with Gasteiger partial charge in [0.05, 0.1) is 52.4 Å². The third kappa shape index (κ3) is 4.62. The number of carbonyl (C=O) groups excluding carboxylic acids is 2. The van der Waals surface area contributed by atoms with Gasteiger partial charge in [-0.2, -0.15) is 5.10 Å². The van der Waals surface area contributed by atoms with E-state index in [2.05, 4.69) is 15.7 Å². The van der Waals surface area contributed by atoms with E-state index in [1.54, 1.807) is 49.6 Å². The van der Waals surface area contributed by atoms with Crippen LogP contribution in [0, 0.1) is 5.92 Å². The first kappa shape index (κ1) is 23.7. The van der Waals surface area contributed by atoms with E-state index in [9.17, 15) is 9.59 Å². The van der Waals surface area contributed by atoms with Crippen molar-refractivity contribution in [3.63, 3.8) is 0 Å². The Hall–Kier alpha value is -3.03. The summed E-state index contributed by atoms with van der Waals surface area (Å²) in [4.78, 5) is 26.1. The van der Waals surface area contributed by atoms with Crippen molar-refractivity contribution in [2.24, 2.45) is 5.92 Å². The van der Waals surface area contributed by atoms with E-state index >= 15 is 0 Å². The molecule has 1 fully saturated rings. The Morgan fingerprint density at radius 2 is 1.94 bits per heavy atom. The highest BCUT2D eigenvalue weighted by molar-refractivity contribution is 6.33. The summed E-state index contributed by atoms with van der Waals surface area (Å²) in [6, 6.07) is 12.1. The molecule has 2 heterocycles. The number of hydrogen-bond acceptors (Lipinski definition) is 5. The van der Waals surface area contributed by atoms with E-state index in [-0.39, 0.29) is 29.7 Å². The number of carbonyl (C=O) groups is 2. The number of ketones is 1. The van der Waals surface area contributed by atoms with Crippen LogP contribution in [-0.4, -0.2) is 35.1 Å². The average Bonchev–Trinajstić information content (AvgIpc) is 3.51. The summed E-state index contributed by atoms with van der Waals surface area (Å²) >= 11 is 12.5. The molecule has 2 aromatic carbocycles. The van der Waals surface area contributed by atoms with Gasteiger partial charge in [0.25, 0.3) is 5.91 Å². The molecule has 3 unspecified atom stereocenters. The van der Waals surface area contributed by atoms with Crippen molar-refractivity contribution in [1.82, 2.24) is 15.1 Å². The molecule has 2 aliphatic rings. The molecule has 5 rings (SSSR count). The van der Waals surface area contributed by atoms with Crippen LogP contribution in [0.3, 0.4) is 0 Å². The smallest absolute Gasteiger partial charge is 0.253 e. The van der Waals surface area contributed by atoms with Crippen LogP contribution in [-0.2, 0) is 0 Å². The first-order chi connectivity index (χ1) is 17.0. The number of hydrogen-bond donors (Lipinski definition) is 2. The molecule has 9 heteroatoms. The number of nitrogens with one attached hydrogen (secondary N) is 2. The lowest BCUT2D eigenvalue weighted by molar-refractivity contribution is 0.0918. The molecular weight excluding hydrogens is 487 g/mol. The highest BCUT2D eigenvalue weighted by atomic mass is 35.5. The van der Waals surface area contributed by atoms with Crippen LogP contribution in [0.4, 0.5) is 5.69 Å². The molecule has 0 saturated heterocycles. The summed E-state index contributed by atoms with van der Waals surface area (Å²) in [5, 5.41) is 12.0. The molecule has 3 atom stereocenters. The highest BCUT2D eigenvalue weighted by Crippen LogP contribution is 2.41. The molecule has 0 radical (unpaired) electrons. The molecule has 1 amide bonds. The van der Waals surface area contributed by atoms with E-state index in [4.69, 9.17) is 27.9 Å². The van der Waals surface area contributed by atoms with Crippen LogP contribution in [0.2, 0.25) is 10.0 Å². The fourth-order valence-electron chi connectivity index (χ4n) is 5.13. The predicted octanol–water partition coefficient (Wildman–Crippen LogP) is 5.71. The second-order valence-corrected chi connectivity index (χ2v) is 9.80. The van der Waals surface area contributed by atoms with E-state index in [0.717, 1.165) is 37.2 Å². The fraction of sp³-hybridized carbons (Fsp3) is 0.346. The van der Waals surface area contributed by atoms with Crippen molar-refractivity contribution < 1.29 is 14.3 Å². The van der Waals surface area contributed by atoms with Gasteiger partial charge in [0.15, 0.2) is 5.78 Å². The number of fused-ring (bicyclic) bond motifs is 1. The quantitative estimate of drug-likeness (QED) is 0.413. The van der Waals surface area contributed by atoms with Gasteiger partial charge in [0, 0.05) is 18.0 Å². The van der Waals surface area contributed by atoms with Gasteiger partial charge in [0.2, 0.25) is 0 Å². The number of benzene rings is 2. The van der Waals surface area contributed by atoms with E-state index < -0.39 is 0 Å². The first-order valence-corrected chi connectivity index (χ1v) is 12.5. The third-order valence-electron chi connectivity index (χ3n) is 6.89. The number of halogens is 2. The lowest BCUT2D eigenvalue weighted by Gasteiger charge is -2.28. The van der Waals surface area contributed by atoms with Crippen LogP contribution in [0.15, 0.2) is 48.7 Å². The molecular formula is C26H26Cl2N4O3. The molecule has 1 aliphatic carbocycles. The maximum Gasteiger partial charge on any atom is 0.253 e. The molecule has 1 saturated carbocycles. The molecule has 1 aliphatic heterocycles. The zero-order valence-electron chi connectivity index (χ0n) is 19.3. The van der Waals surface area contributed by atoms with Gasteiger partial charge in [-0.05, 0) is 56.0 Å². The number of aromatic nitrogens is 2. The molecule has 1 aromatic heterocycles. The fourth-order valence-corrected chi connectivity index (χ4v) is 5.61. The summed E-state index contributed by atoms with van der Waals surface area (Å²) in [5.74, 6) is 0.307. The molecule has 0 spiro atoms. The maximum absolute atomic E-state index is 13.2. The molecule has 2 N–H and O–H groups in total. The Kier molecular flexibility index (Phi) is 6.71. The lowest BCUT2D eigenvalue weighted by atomic mass is 9.96. The van der Waals surface area contributed by atoms with Gasteiger partial charge in [-0.1, -0.05) is 35.3 Å². The number of ether oxygens (including phenoxy) is 1. The first-order valence-electron chi connectivity index (χ1n) is 11.7. The van der Waals surface area contributed by atoms with Crippen LogP contribution < -0.4 is 15.4 Å². The minimum absolute atomic E-state index is 0.0704. The number of methoxy groups -OCH3 is 1. The van der Waals surface area contributed by atoms with Crippen LogP contribution in [0.5, 0.6) is 5.75 Å². The van der Waals surface area contributed by atoms with E-state index in [1.165, 1.54) is 0 Å². The topological polar surface area (TPSA) is 85.2 Å². The number of rotatable bonds is 6. The third-order valence-corrected chi connectivity index (χ3v) is 7.52. The molecule has 0 bridgehead atoms. The maximum atomic E-state index is 13.2. The Labute approximate surface area is 213 Å². The Morgan fingerprint density at radius 3 is 2.71 bits per heavy atom. The van der Waals surface area contributed by atoms with Gasteiger partial charge < -0.3 is 15.4 Å². The van der Waals surface area contributed by atoms with Crippen molar-refractivity contribution in [2.75, 3.05) is 19.0 Å². The second-order valence-electron chi connectivity index (χ2n) is 8.99. The number of anilines is 1. The SMILES string of the molecule is COc1ccc(C(=O)C2CCC(n3ncc4c3C(NC(=O)c3ccccc3Cl)CCN4)C2)cc1Cl. The molecule has 182 valence electrons. The summed E-state index contributed by atoms with van der Waals surface area (Å²) < 4.78 is 7.19. The molecule has 3 aromatic rings. The van der Waals surface area contributed by atoms with Crippen LogP contribution >= 0.6 is 23.2 Å². The van der Waals surface area contributed by atoms with Crippen LogP contribution in [0.1, 0.15) is 64.2 Å². The minimum atomic E-state index is -0.211. The predicted molar refractivity (Wildman–Crippen MR) is 136 cm³/mol. The van der Waals surface area contributed by atoms with Crippen molar-refractivity contribution in [2.45, 2.75) is 37.8 Å². The summed E-state index contributed by atoms with van der Waals surface area (Å²) in [5.41, 5.74) is 2.90. The number of amides is 1. The highest BCUT2D eigenvalue weighted by Gasteiger charge is 2.36. The zero-order valence-corrected chi connectivity index (χ0v) is 20.8.